The number of nitrogens with one attached hydrogen (secondary N) is 2. The predicted molar refractivity (Wildman–Crippen MR) is 81.4 cm³/mol. The Hall–Kier alpha value is -3.29. The lowest BCUT2D eigenvalue weighted by Crippen LogP contribution is -2.30. The molecule has 0 aliphatic rings. The van der Waals surface area contributed by atoms with E-state index in [2.05, 4.69) is 10.1 Å². The second kappa shape index (κ2) is 7.32. The number of amides is 2. The summed E-state index contributed by atoms with van der Waals surface area (Å²) in [6.45, 7) is 0. The van der Waals surface area contributed by atoms with Crippen LogP contribution >= 0.6 is 0 Å². The number of carbonyl (C=O) groups excluding carboxylic acids is 3. The van der Waals surface area contributed by atoms with Crippen LogP contribution in [0.25, 0.3) is 0 Å². The summed E-state index contributed by atoms with van der Waals surface area (Å²) in [7, 11) is 1.17. The van der Waals surface area contributed by atoms with Gasteiger partial charge in [0.15, 0.2) is 0 Å². The molecule has 124 valence electrons. The van der Waals surface area contributed by atoms with Crippen LogP contribution in [0.3, 0.4) is 0 Å². The van der Waals surface area contributed by atoms with E-state index in [0.717, 1.165) is 12.1 Å². The van der Waals surface area contributed by atoms with Gasteiger partial charge in [0.05, 0.1) is 24.0 Å². The zero-order chi connectivity index (χ0) is 17.7. The molecule has 0 radical (unpaired) electrons. The van der Waals surface area contributed by atoms with Gasteiger partial charge < -0.3 is 15.4 Å². The Kier molecular flexibility index (Phi) is 5.20. The number of para-hydroxylation sites is 1. The first-order valence-corrected chi connectivity index (χ1v) is 6.67. The van der Waals surface area contributed by atoms with Crippen LogP contribution in [0.5, 0.6) is 0 Å². The number of rotatable bonds is 3. The maximum Gasteiger partial charge on any atom is 0.339 e. The third-order valence-electron chi connectivity index (χ3n) is 2.97. The van der Waals surface area contributed by atoms with Gasteiger partial charge in [0.25, 0.3) is 0 Å². The molecule has 0 aliphatic heterocycles. The van der Waals surface area contributed by atoms with E-state index in [1.54, 1.807) is 12.1 Å². The summed E-state index contributed by atoms with van der Waals surface area (Å²) < 4.78 is 30.8. The number of benzene rings is 2. The number of hydrogen-bond acceptors (Lipinski definition) is 4. The Morgan fingerprint density at radius 2 is 1.54 bits per heavy atom. The second-order valence-electron chi connectivity index (χ2n) is 4.57. The van der Waals surface area contributed by atoms with E-state index in [4.69, 9.17) is 0 Å². The zero-order valence-corrected chi connectivity index (χ0v) is 12.4. The highest BCUT2D eigenvalue weighted by Crippen LogP contribution is 2.17. The van der Waals surface area contributed by atoms with Gasteiger partial charge in [-0.25, -0.2) is 13.6 Å². The van der Waals surface area contributed by atoms with Crippen molar-refractivity contribution in [2.24, 2.45) is 0 Å². The molecule has 0 fully saturated rings. The van der Waals surface area contributed by atoms with E-state index < -0.39 is 29.4 Å². The minimum absolute atomic E-state index is 0.0501. The lowest BCUT2D eigenvalue weighted by Gasteiger charge is -2.10. The Morgan fingerprint density at radius 1 is 0.917 bits per heavy atom. The van der Waals surface area contributed by atoms with Gasteiger partial charge >= 0.3 is 17.8 Å². The fraction of sp³-hybridized carbons (Fsp3) is 0.0625. The average molecular weight is 334 g/mol. The van der Waals surface area contributed by atoms with Crippen molar-refractivity contribution in [1.82, 2.24) is 0 Å². The van der Waals surface area contributed by atoms with E-state index in [1.165, 1.54) is 19.2 Å². The number of ether oxygens (including phenoxy) is 1. The van der Waals surface area contributed by atoms with E-state index in [-0.39, 0.29) is 16.9 Å². The minimum atomic E-state index is -1.18. The van der Waals surface area contributed by atoms with Crippen LogP contribution < -0.4 is 10.6 Å². The van der Waals surface area contributed by atoms with E-state index in [0.29, 0.717) is 6.07 Å². The summed E-state index contributed by atoms with van der Waals surface area (Å²) >= 11 is 0. The number of halogens is 2. The Morgan fingerprint density at radius 3 is 2.17 bits per heavy atom. The van der Waals surface area contributed by atoms with Crippen molar-refractivity contribution in [2.45, 2.75) is 0 Å². The normalized spacial score (nSPS) is 9.96. The highest BCUT2D eigenvalue weighted by molar-refractivity contribution is 6.44. The monoisotopic (exact) mass is 334 g/mol. The topological polar surface area (TPSA) is 84.5 Å². The van der Waals surface area contributed by atoms with Crippen molar-refractivity contribution in [3.8, 4) is 0 Å². The largest absolute Gasteiger partial charge is 0.465 e. The molecule has 2 amide bonds. The first kappa shape index (κ1) is 17.1. The van der Waals surface area contributed by atoms with E-state index in [9.17, 15) is 23.2 Å². The number of carbonyl (C=O) groups is 3. The highest BCUT2D eigenvalue weighted by atomic mass is 19.1. The molecule has 0 atom stereocenters. The molecule has 6 nitrogen and oxygen atoms in total. The molecule has 2 N–H and O–H groups in total. The van der Waals surface area contributed by atoms with Crippen LogP contribution in [0.15, 0.2) is 42.5 Å². The van der Waals surface area contributed by atoms with Crippen LogP contribution in [0.1, 0.15) is 10.4 Å². The molecule has 2 aromatic carbocycles. The lowest BCUT2D eigenvalue weighted by atomic mass is 10.2. The molecule has 0 saturated carbocycles. The summed E-state index contributed by atoms with van der Waals surface area (Å²) in [6.07, 6.45) is 0. The van der Waals surface area contributed by atoms with Crippen molar-refractivity contribution < 1.29 is 27.9 Å². The first-order valence-electron chi connectivity index (χ1n) is 6.67. The number of methoxy groups -OCH3 is 1. The Bertz CT molecular complexity index is 808. The third kappa shape index (κ3) is 3.92. The Balaban J connectivity index is 2.12. The molecule has 0 bridgehead atoms. The number of hydrogen-bond donors (Lipinski definition) is 2. The van der Waals surface area contributed by atoms with Crippen LogP contribution in [-0.4, -0.2) is 24.9 Å². The molecule has 2 aromatic rings. The summed E-state index contributed by atoms with van der Waals surface area (Å²) in [5.74, 6) is -4.85. The maximum absolute atomic E-state index is 13.5. The average Bonchev–Trinajstić information content (AvgIpc) is 2.57. The fourth-order valence-electron chi connectivity index (χ4n) is 1.83. The van der Waals surface area contributed by atoms with Gasteiger partial charge in [0.2, 0.25) is 0 Å². The predicted octanol–water partition coefficient (Wildman–Crippen LogP) is 2.33. The Labute approximate surface area is 135 Å². The third-order valence-corrected chi connectivity index (χ3v) is 2.97. The molecular weight excluding hydrogens is 322 g/mol. The number of esters is 1. The number of anilines is 2. The SMILES string of the molecule is COC(=O)c1ccccc1NC(=O)C(=O)Nc1ccc(F)cc1F. The van der Waals surface area contributed by atoms with Gasteiger partial charge in [0.1, 0.15) is 11.6 Å². The molecule has 0 aliphatic carbocycles. The van der Waals surface area contributed by atoms with Gasteiger partial charge in [-0.3, -0.25) is 9.59 Å². The summed E-state index contributed by atoms with van der Waals surface area (Å²) in [5, 5.41) is 4.24. The summed E-state index contributed by atoms with van der Waals surface area (Å²) in [6, 6.07) is 8.38. The van der Waals surface area contributed by atoms with Crippen molar-refractivity contribution in [2.75, 3.05) is 17.7 Å². The van der Waals surface area contributed by atoms with Gasteiger partial charge in [0, 0.05) is 6.07 Å². The molecular formula is C16H12F2N2O4. The second-order valence-corrected chi connectivity index (χ2v) is 4.57. The van der Waals surface area contributed by atoms with Crippen molar-refractivity contribution >= 4 is 29.2 Å². The van der Waals surface area contributed by atoms with Crippen LogP contribution in [0.2, 0.25) is 0 Å². The highest BCUT2D eigenvalue weighted by Gasteiger charge is 2.19. The van der Waals surface area contributed by atoms with Crippen LogP contribution in [0, 0.1) is 11.6 Å². The van der Waals surface area contributed by atoms with Crippen molar-refractivity contribution in [3.63, 3.8) is 0 Å². The van der Waals surface area contributed by atoms with Crippen molar-refractivity contribution in [3.05, 3.63) is 59.7 Å². The van der Waals surface area contributed by atoms with Crippen molar-refractivity contribution in [1.29, 1.82) is 0 Å². The van der Waals surface area contributed by atoms with Crippen LogP contribution in [0.4, 0.5) is 20.2 Å². The molecule has 2 rings (SSSR count). The maximum atomic E-state index is 13.5. The standard InChI is InChI=1S/C16H12F2N2O4/c1-24-16(23)10-4-2-3-5-12(10)19-14(21)15(22)20-13-7-6-9(17)8-11(13)18/h2-8H,1H3,(H,19,21)(H,20,22). The summed E-state index contributed by atoms with van der Waals surface area (Å²) in [5.41, 5.74) is -0.240. The zero-order valence-electron chi connectivity index (χ0n) is 12.4. The van der Waals surface area contributed by atoms with E-state index >= 15 is 0 Å². The fourth-order valence-corrected chi connectivity index (χ4v) is 1.83. The smallest absolute Gasteiger partial charge is 0.339 e. The van der Waals surface area contributed by atoms with Gasteiger partial charge in [-0.2, -0.15) is 0 Å². The molecule has 0 aromatic heterocycles. The first-order chi connectivity index (χ1) is 11.4. The molecule has 0 heterocycles. The lowest BCUT2D eigenvalue weighted by molar-refractivity contribution is -0.133. The quantitative estimate of drug-likeness (QED) is 0.666. The molecule has 0 spiro atoms. The van der Waals surface area contributed by atoms with Gasteiger partial charge in [-0.05, 0) is 24.3 Å². The van der Waals surface area contributed by atoms with Gasteiger partial charge in [-0.1, -0.05) is 12.1 Å². The van der Waals surface area contributed by atoms with Gasteiger partial charge in [-0.15, -0.1) is 0 Å². The summed E-state index contributed by atoms with van der Waals surface area (Å²) in [4.78, 5) is 35.3. The molecule has 8 heteroatoms. The molecule has 24 heavy (non-hydrogen) atoms. The van der Waals surface area contributed by atoms with Crippen LogP contribution in [-0.2, 0) is 14.3 Å². The van der Waals surface area contributed by atoms with E-state index in [1.807, 2.05) is 5.32 Å². The minimum Gasteiger partial charge on any atom is -0.465 e. The molecule has 0 unspecified atom stereocenters. The molecule has 0 saturated heterocycles.